The van der Waals surface area contributed by atoms with Gasteiger partial charge in [0.05, 0.1) is 50.3 Å². The second kappa shape index (κ2) is 13.8. The summed E-state index contributed by atoms with van der Waals surface area (Å²) in [5.41, 5.74) is 0. The van der Waals surface area contributed by atoms with E-state index >= 15 is 0 Å². The Kier molecular flexibility index (Phi) is 11.0. The van der Waals surface area contributed by atoms with Gasteiger partial charge in [0.1, 0.15) is 36.6 Å². The summed E-state index contributed by atoms with van der Waals surface area (Å²) < 4.78 is 34.9. The second-order valence-corrected chi connectivity index (χ2v) is 11.7. The van der Waals surface area contributed by atoms with Gasteiger partial charge in [-0.2, -0.15) is 0 Å². The highest BCUT2D eigenvalue weighted by molar-refractivity contribution is 5.76. The van der Waals surface area contributed by atoms with Gasteiger partial charge in [-0.15, -0.1) is 0 Å². The summed E-state index contributed by atoms with van der Waals surface area (Å²) in [6.45, 7) is 1.90. The number of carbonyl (C=O) groups excluding carboxylic acids is 1. The second-order valence-electron chi connectivity index (χ2n) is 11.7. The first-order valence-electron chi connectivity index (χ1n) is 14.3. The van der Waals surface area contributed by atoms with Crippen LogP contribution in [-0.4, -0.2) is 157 Å². The van der Waals surface area contributed by atoms with E-state index in [1.165, 1.54) is 6.92 Å². The van der Waals surface area contributed by atoms with Crippen molar-refractivity contribution in [3.8, 4) is 0 Å². The van der Waals surface area contributed by atoms with E-state index in [1.807, 2.05) is 0 Å². The minimum Gasteiger partial charge on any atom is -0.477 e. The van der Waals surface area contributed by atoms with Crippen molar-refractivity contribution in [2.45, 2.75) is 131 Å². The third-order valence-electron chi connectivity index (χ3n) is 8.40. The Morgan fingerprint density at radius 3 is 2.35 bits per heavy atom. The van der Waals surface area contributed by atoms with Gasteiger partial charge in [0.15, 0.2) is 12.1 Å². The standard InChI is InChI=1S/C26H43NO16/c1-11-18(32)20(34)21(35)23(40-11)41-14-3-5-25(39-10-14)7-13(4-6-38-25)42-26(24(36)37)8-15(30)17(27-12(2)29)22(43-26)19(33)16(31)9-28/h11,13-23,28,30-35H,3-10H2,1-2H3,(H,27,29)(H,36,37)/t11?,13?,14?,15?,16-,17?,18?,19-,20?,21?,22?,23?,25+,26?/m1/s1. The smallest absolute Gasteiger partial charge is 0.364 e. The van der Waals surface area contributed by atoms with Crippen LogP contribution in [0.5, 0.6) is 0 Å². The number of aliphatic hydroxyl groups excluding tert-OH is 7. The minimum atomic E-state index is -2.49. The van der Waals surface area contributed by atoms with Crippen LogP contribution in [-0.2, 0) is 38.0 Å². The van der Waals surface area contributed by atoms with E-state index in [2.05, 4.69) is 5.32 Å². The van der Waals surface area contributed by atoms with Crippen molar-refractivity contribution in [1.82, 2.24) is 5.32 Å². The van der Waals surface area contributed by atoms with Gasteiger partial charge in [0.25, 0.3) is 5.79 Å². The van der Waals surface area contributed by atoms with Crippen LogP contribution in [0, 0.1) is 0 Å². The molecule has 1 spiro atoms. The van der Waals surface area contributed by atoms with Crippen LogP contribution in [0.3, 0.4) is 0 Å². The lowest BCUT2D eigenvalue weighted by Crippen LogP contribution is -2.68. The van der Waals surface area contributed by atoms with Crippen LogP contribution < -0.4 is 5.32 Å². The quantitative estimate of drug-likeness (QED) is 0.118. The molecule has 248 valence electrons. The van der Waals surface area contributed by atoms with Gasteiger partial charge in [0.2, 0.25) is 5.91 Å². The maximum atomic E-state index is 12.5. The van der Waals surface area contributed by atoms with Crippen molar-refractivity contribution >= 4 is 11.9 Å². The first-order chi connectivity index (χ1) is 20.2. The molecule has 0 aliphatic carbocycles. The van der Waals surface area contributed by atoms with E-state index in [0.29, 0.717) is 6.42 Å². The number of carbonyl (C=O) groups is 2. The third kappa shape index (κ3) is 7.46. The molecule has 0 bridgehead atoms. The largest absolute Gasteiger partial charge is 0.477 e. The van der Waals surface area contributed by atoms with E-state index in [-0.39, 0.29) is 32.5 Å². The lowest BCUT2D eigenvalue weighted by atomic mass is 9.88. The Balaban J connectivity index is 1.42. The van der Waals surface area contributed by atoms with Crippen molar-refractivity contribution in [1.29, 1.82) is 0 Å². The summed E-state index contributed by atoms with van der Waals surface area (Å²) in [4.78, 5) is 24.3. The predicted molar refractivity (Wildman–Crippen MR) is 138 cm³/mol. The number of ether oxygens (including phenoxy) is 6. The Bertz CT molecular complexity index is 963. The fraction of sp³-hybridized carbons (Fsp3) is 0.923. The van der Waals surface area contributed by atoms with Gasteiger partial charge < -0.3 is 74.6 Å². The monoisotopic (exact) mass is 625 g/mol. The lowest BCUT2D eigenvalue weighted by molar-refractivity contribution is -0.359. The van der Waals surface area contributed by atoms with Crippen molar-refractivity contribution in [3.63, 3.8) is 0 Å². The molecule has 43 heavy (non-hydrogen) atoms. The average molecular weight is 626 g/mol. The van der Waals surface area contributed by atoms with Crippen molar-refractivity contribution < 1.29 is 78.9 Å². The normalized spacial score (nSPS) is 45.3. The summed E-state index contributed by atoms with van der Waals surface area (Å²) in [5, 5.41) is 83.6. The van der Waals surface area contributed by atoms with E-state index in [1.54, 1.807) is 0 Å². The van der Waals surface area contributed by atoms with Gasteiger partial charge >= 0.3 is 5.97 Å². The van der Waals surface area contributed by atoms with Crippen LogP contribution in [0.25, 0.3) is 0 Å². The first kappa shape index (κ1) is 34.3. The number of rotatable bonds is 9. The highest BCUT2D eigenvalue weighted by atomic mass is 16.8. The van der Waals surface area contributed by atoms with E-state index in [9.17, 15) is 50.4 Å². The molecule has 4 rings (SSSR count). The Labute approximate surface area is 247 Å². The molecule has 4 aliphatic rings. The van der Waals surface area contributed by atoms with Crippen LogP contribution in [0.2, 0.25) is 0 Å². The highest BCUT2D eigenvalue weighted by Crippen LogP contribution is 2.41. The zero-order valence-electron chi connectivity index (χ0n) is 23.9. The van der Waals surface area contributed by atoms with Crippen molar-refractivity contribution in [2.24, 2.45) is 0 Å². The van der Waals surface area contributed by atoms with Crippen LogP contribution in [0.4, 0.5) is 0 Å². The number of aliphatic carboxylic acids is 1. The number of hydrogen-bond acceptors (Lipinski definition) is 15. The van der Waals surface area contributed by atoms with Gasteiger partial charge in [-0.1, -0.05) is 0 Å². The van der Waals surface area contributed by atoms with Crippen molar-refractivity contribution in [2.75, 3.05) is 19.8 Å². The van der Waals surface area contributed by atoms with Gasteiger partial charge in [-0.3, -0.25) is 4.79 Å². The molecule has 4 heterocycles. The number of aliphatic hydroxyl groups is 7. The SMILES string of the molecule is CC(=O)NC1C(O)CC(OC2CCO[C@]3(CCC(OC4OC(C)C(O)C(O)C4O)CO3)C2)(C(=O)O)OC1[C@H](O)[C@H](O)CO. The fourth-order valence-corrected chi connectivity index (χ4v) is 5.98. The summed E-state index contributed by atoms with van der Waals surface area (Å²) in [6.07, 6.45) is -14.2. The van der Waals surface area contributed by atoms with Crippen molar-refractivity contribution in [3.05, 3.63) is 0 Å². The Morgan fingerprint density at radius 2 is 1.74 bits per heavy atom. The molecular weight excluding hydrogens is 582 g/mol. The first-order valence-corrected chi connectivity index (χ1v) is 14.3. The number of carboxylic acids is 1. The molecule has 11 unspecified atom stereocenters. The van der Waals surface area contributed by atoms with Crippen LogP contribution in [0.1, 0.15) is 46.0 Å². The average Bonchev–Trinajstić information content (AvgIpc) is 2.96. The maximum Gasteiger partial charge on any atom is 0.364 e. The summed E-state index contributed by atoms with van der Waals surface area (Å²) in [5.74, 6) is -5.90. The van der Waals surface area contributed by atoms with Gasteiger partial charge in [0, 0.05) is 26.2 Å². The summed E-state index contributed by atoms with van der Waals surface area (Å²) in [7, 11) is 0. The Hall–Kier alpha value is -1.58. The van der Waals surface area contributed by atoms with Crippen LogP contribution in [0.15, 0.2) is 0 Å². The zero-order chi connectivity index (χ0) is 31.7. The molecule has 4 saturated heterocycles. The maximum absolute atomic E-state index is 12.5. The van der Waals surface area contributed by atoms with Crippen LogP contribution >= 0.6 is 0 Å². The topological polar surface area (TPSA) is 263 Å². The minimum absolute atomic E-state index is 0.00265. The summed E-state index contributed by atoms with van der Waals surface area (Å²) in [6, 6.07) is -1.32. The van der Waals surface area contributed by atoms with Gasteiger partial charge in [-0.25, -0.2) is 4.79 Å². The predicted octanol–water partition coefficient (Wildman–Crippen LogP) is -3.95. The van der Waals surface area contributed by atoms with E-state index in [0.717, 1.165) is 6.92 Å². The Morgan fingerprint density at radius 1 is 1.02 bits per heavy atom. The highest BCUT2D eigenvalue weighted by Gasteiger charge is 2.57. The molecule has 17 nitrogen and oxygen atoms in total. The number of carboxylic acid groups (broad SMARTS) is 1. The molecule has 0 aromatic heterocycles. The lowest BCUT2D eigenvalue weighted by Gasteiger charge is -2.50. The third-order valence-corrected chi connectivity index (χ3v) is 8.40. The fourth-order valence-electron chi connectivity index (χ4n) is 5.98. The molecule has 4 aliphatic heterocycles. The molecular formula is C26H43NO16. The molecule has 0 aromatic carbocycles. The van der Waals surface area contributed by atoms with Gasteiger partial charge in [-0.05, 0) is 19.8 Å². The molecule has 0 radical (unpaired) electrons. The molecule has 9 N–H and O–H groups in total. The number of amides is 1. The van der Waals surface area contributed by atoms with E-state index in [4.69, 9.17) is 28.4 Å². The molecule has 4 fully saturated rings. The molecule has 17 heteroatoms. The zero-order valence-corrected chi connectivity index (χ0v) is 23.9. The summed E-state index contributed by atoms with van der Waals surface area (Å²) >= 11 is 0. The van der Waals surface area contributed by atoms with E-state index < -0.39 is 110 Å². The number of nitrogens with one attached hydrogen (secondary N) is 1. The number of hydrogen-bond donors (Lipinski definition) is 9. The molecule has 14 atom stereocenters. The molecule has 0 aromatic rings. The molecule has 0 saturated carbocycles. The molecule has 1 amide bonds.